The Labute approximate surface area is 125 Å². The van der Waals surface area contributed by atoms with Gasteiger partial charge in [-0.05, 0) is 40.5 Å². The molecule has 0 amide bonds. The molecule has 0 aromatic rings. The summed E-state index contributed by atoms with van der Waals surface area (Å²) in [6, 6.07) is 0.653. The lowest BCUT2D eigenvalue weighted by molar-refractivity contribution is 0.152. The Morgan fingerprint density at radius 1 is 0.900 bits per heavy atom. The van der Waals surface area contributed by atoms with Gasteiger partial charge in [0.2, 0.25) is 0 Å². The first-order chi connectivity index (χ1) is 9.36. The Bertz CT molecular complexity index is 260. The van der Waals surface area contributed by atoms with Crippen LogP contribution in [0.15, 0.2) is 0 Å². The normalized spacial score (nSPS) is 12.8. The van der Waals surface area contributed by atoms with Gasteiger partial charge >= 0.3 is 7.60 Å². The van der Waals surface area contributed by atoms with Crippen LogP contribution >= 0.6 is 7.60 Å². The highest BCUT2D eigenvalue weighted by atomic mass is 31.2. The first-order valence-electron chi connectivity index (χ1n) is 8.00. The summed E-state index contributed by atoms with van der Waals surface area (Å²) >= 11 is 0. The van der Waals surface area contributed by atoms with Crippen molar-refractivity contribution in [2.24, 2.45) is 0 Å². The van der Waals surface area contributed by atoms with Gasteiger partial charge in [0.15, 0.2) is 0 Å². The summed E-state index contributed by atoms with van der Waals surface area (Å²) in [6.07, 6.45) is 4.30. The van der Waals surface area contributed by atoms with Crippen LogP contribution in [0.25, 0.3) is 0 Å². The largest absolute Gasteiger partial charge is 0.344 e. The maximum atomic E-state index is 12.9. The highest BCUT2D eigenvalue weighted by molar-refractivity contribution is 7.53. The molecule has 0 aliphatic carbocycles. The number of hydrogen-bond donors (Lipinski definition) is 0. The van der Waals surface area contributed by atoms with Crippen molar-refractivity contribution in [2.45, 2.75) is 79.3 Å². The highest BCUT2D eigenvalue weighted by Crippen LogP contribution is 2.49. The molecule has 0 aliphatic rings. The Morgan fingerprint density at radius 2 is 1.30 bits per heavy atom. The zero-order valence-corrected chi connectivity index (χ0v) is 15.1. The lowest BCUT2D eigenvalue weighted by Gasteiger charge is -2.33. The maximum absolute atomic E-state index is 12.9. The average molecular weight is 307 g/mol. The molecule has 0 aromatic heterocycles. The molecule has 0 rings (SSSR count). The molecule has 0 bridgehead atoms. The molecule has 122 valence electrons. The second-order valence-corrected chi connectivity index (χ2v) is 7.85. The van der Waals surface area contributed by atoms with Crippen molar-refractivity contribution < 1.29 is 13.6 Å². The van der Waals surface area contributed by atoms with Crippen LogP contribution < -0.4 is 0 Å². The number of rotatable bonds is 12. The second kappa shape index (κ2) is 10.8. The van der Waals surface area contributed by atoms with E-state index < -0.39 is 7.60 Å². The van der Waals surface area contributed by atoms with Crippen molar-refractivity contribution in [1.82, 2.24) is 4.90 Å². The minimum Gasteiger partial charge on any atom is -0.308 e. The smallest absolute Gasteiger partial charge is 0.308 e. The third-order valence-electron chi connectivity index (χ3n) is 3.23. The lowest BCUT2D eigenvalue weighted by Crippen LogP contribution is -2.38. The van der Waals surface area contributed by atoms with Crippen molar-refractivity contribution in [3.05, 3.63) is 0 Å². The summed E-state index contributed by atoms with van der Waals surface area (Å²) < 4.78 is 24.2. The summed E-state index contributed by atoms with van der Waals surface area (Å²) in [5.74, 6) is 0. The summed E-state index contributed by atoms with van der Waals surface area (Å²) in [4.78, 5) is 2.18. The number of hydrogen-bond acceptors (Lipinski definition) is 4. The molecular formula is C15H34NO3P. The summed E-state index contributed by atoms with van der Waals surface area (Å²) in [5.41, 5.74) is 0. The molecule has 0 saturated heterocycles. The molecule has 0 N–H and O–H groups in total. The standard InChI is InChI=1S/C15H34NO3P/c1-7-9-11-18-20(17,19-12-10-8-2)13-16(14(3)4)15(5)6/h14-15H,7-13H2,1-6H3. The molecule has 0 fully saturated rings. The molecule has 0 spiro atoms. The van der Waals surface area contributed by atoms with E-state index in [0.29, 0.717) is 31.6 Å². The summed E-state index contributed by atoms with van der Waals surface area (Å²) in [6.45, 7) is 13.7. The highest BCUT2D eigenvalue weighted by Gasteiger charge is 2.30. The van der Waals surface area contributed by atoms with Crippen LogP contribution in [0.1, 0.15) is 67.2 Å². The molecule has 4 nitrogen and oxygen atoms in total. The van der Waals surface area contributed by atoms with Crippen LogP contribution in [0.5, 0.6) is 0 Å². The van der Waals surface area contributed by atoms with E-state index in [1.165, 1.54) is 0 Å². The zero-order chi connectivity index (χ0) is 15.6. The van der Waals surface area contributed by atoms with Crippen molar-refractivity contribution in [3.8, 4) is 0 Å². The van der Waals surface area contributed by atoms with Gasteiger partial charge in [0, 0.05) is 12.1 Å². The van der Waals surface area contributed by atoms with E-state index in [2.05, 4.69) is 46.4 Å². The predicted molar refractivity (Wildman–Crippen MR) is 86.3 cm³/mol. The Hall–Kier alpha value is 0.110. The van der Waals surface area contributed by atoms with Crippen molar-refractivity contribution in [1.29, 1.82) is 0 Å². The van der Waals surface area contributed by atoms with Crippen LogP contribution in [0.4, 0.5) is 0 Å². The quantitative estimate of drug-likeness (QED) is 0.380. The molecule has 0 radical (unpaired) electrons. The van der Waals surface area contributed by atoms with E-state index in [9.17, 15) is 4.57 Å². The van der Waals surface area contributed by atoms with Gasteiger partial charge in [-0.2, -0.15) is 0 Å². The molecule has 20 heavy (non-hydrogen) atoms. The van der Waals surface area contributed by atoms with Crippen LogP contribution in [0.2, 0.25) is 0 Å². The predicted octanol–water partition coefficient (Wildman–Crippen LogP) is 4.89. The molecule has 0 aliphatic heterocycles. The van der Waals surface area contributed by atoms with E-state index in [-0.39, 0.29) is 0 Å². The zero-order valence-electron chi connectivity index (χ0n) is 14.2. The Morgan fingerprint density at radius 3 is 1.60 bits per heavy atom. The molecule has 0 atom stereocenters. The minimum absolute atomic E-state index is 0.327. The SMILES string of the molecule is CCCCOP(=O)(CN(C(C)C)C(C)C)OCCCC. The third kappa shape index (κ3) is 8.41. The lowest BCUT2D eigenvalue weighted by atomic mass is 10.2. The Kier molecular flexibility index (Phi) is 10.8. The van der Waals surface area contributed by atoms with Gasteiger partial charge in [-0.25, -0.2) is 0 Å². The topological polar surface area (TPSA) is 38.8 Å². The van der Waals surface area contributed by atoms with Gasteiger partial charge in [0.05, 0.1) is 13.2 Å². The van der Waals surface area contributed by atoms with E-state index in [1.54, 1.807) is 0 Å². The van der Waals surface area contributed by atoms with Gasteiger partial charge in [0.25, 0.3) is 0 Å². The molecule has 0 unspecified atom stereocenters. The van der Waals surface area contributed by atoms with Crippen LogP contribution in [-0.2, 0) is 13.6 Å². The van der Waals surface area contributed by atoms with E-state index in [4.69, 9.17) is 9.05 Å². The van der Waals surface area contributed by atoms with Gasteiger partial charge in [0.1, 0.15) is 6.29 Å². The maximum Gasteiger partial charge on any atom is 0.344 e. The molecule has 5 heteroatoms. The van der Waals surface area contributed by atoms with Crippen LogP contribution in [0, 0.1) is 0 Å². The Balaban J connectivity index is 4.67. The summed E-state index contributed by atoms with van der Waals surface area (Å²) in [5, 5.41) is 0. The molecule has 0 aromatic carbocycles. The fourth-order valence-electron chi connectivity index (χ4n) is 1.94. The van der Waals surface area contributed by atoms with E-state index in [1.807, 2.05) is 0 Å². The van der Waals surface area contributed by atoms with Gasteiger partial charge in [-0.15, -0.1) is 0 Å². The fourth-order valence-corrected chi connectivity index (χ4v) is 4.04. The van der Waals surface area contributed by atoms with Crippen molar-refractivity contribution in [2.75, 3.05) is 19.5 Å². The third-order valence-corrected chi connectivity index (χ3v) is 5.06. The molecule has 0 heterocycles. The average Bonchev–Trinajstić information content (AvgIpc) is 2.36. The fraction of sp³-hybridized carbons (Fsp3) is 1.00. The minimum atomic E-state index is -3.02. The van der Waals surface area contributed by atoms with Crippen LogP contribution in [0.3, 0.4) is 0 Å². The van der Waals surface area contributed by atoms with E-state index in [0.717, 1.165) is 25.7 Å². The van der Waals surface area contributed by atoms with Crippen molar-refractivity contribution in [3.63, 3.8) is 0 Å². The van der Waals surface area contributed by atoms with Crippen LogP contribution in [-0.4, -0.2) is 36.5 Å². The number of nitrogens with zero attached hydrogens (tertiary/aromatic N) is 1. The molecule has 0 saturated carbocycles. The van der Waals surface area contributed by atoms with Gasteiger partial charge in [-0.3, -0.25) is 9.46 Å². The van der Waals surface area contributed by atoms with E-state index >= 15 is 0 Å². The molecular weight excluding hydrogens is 273 g/mol. The van der Waals surface area contributed by atoms with Crippen molar-refractivity contribution >= 4 is 7.60 Å². The second-order valence-electron chi connectivity index (χ2n) is 5.83. The summed E-state index contributed by atoms with van der Waals surface area (Å²) in [7, 11) is -3.02. The number of unbranched alkanes of at least 4 members (excludes halogenated alkanes) is 2. The monoisotopic (exact) mass is 307 g/mol. The first-order valence-corrected chi connectivity index (χ1v) is 9.73. The van der Waals surface area contributed by atoms with Gasteiger partial charge in [-0.1, -0.05) is 26.7 Å². The first kappa shape index (κ1) is 20.1. The van der Waals surface area contributed by atoms with Gasteiger partial charge < -0.3 is 9.05 Å².